The standard InChI is InChI=1S/C19H18ClN3O2/c1-12-4-7-14(20)10-16(12)23-18(25)19(2,3)17(24)22-15-8-5-13(11-21)6-9-15/h4-10H,1-3H3,(H,22,24)(H,23,25). The van der Waals surface area contributed by atoms with Gasteiger partial charge in [-0.25, -0.2) is 0 Å². The fourth-order valence-electron chi connectivity index (χ4n) is 2.03. The second-order valence-electron chi connectivity index (χ2n) is 6.18. The third-order valence-electron chi connectivity index (χ3n) is 3.85. The first-order chi connectivity index (χ1) is 11.7. The molecular formula is C19H18ClN3O2. The van der Waals surface area contributed by atoms with Crippen LogP contribution in [0.25, 0.3) is 0 Å². The van der Waals surface area contributed by atoms with Gasteiger partial charge in [0.15, 0.2) is 0 Å². The highest BCUT2D eigenvalue weighted by Gasteiger charge is 2.36. The second kappa shape index (κ2) is 7.37. The van der Waals surface area contributed by atoms with E-state index in [0.717, 1.165) is 5.56 Å². The second-order valence-corrected chi connectivity index (χ2v) is 6.62. The maximum absolute atomic E-state index is 12.6. The van der Waals surface area contributed by atoms with Crippen LogP contribution in [0.5, 0.6) is 0 Å². The van der Waals surface area contributed by atoms with E-state index in [2.05, 4.69) is 10.6 Å². The maximum atomic E-state index is 12.6. The summed E-state index contributed by atoms with van der Waals surface area (Å²) in [5, 5.41) is 14.7. The molecule has 0 atom stereocenters. The van der Waals surface area contributed by atoms with Crippen molar-refractivity contribution in [2.75, 3.05) is 10.6 Å². The van der Waals surface area contributed by atoms with Crippen LogP contribution >= 0.6 is 11.6 Å². The van der Waals surface area contributed by atoms with Gasteiger partial charge in [-0.05, 0) is 62.7 Å². The number of hydrogen-bond donors (Lipinski definition) is 2. The van der Waals surface area contributed by atoms with E-state index in [1.165, 1.54) is 0 Å². The van der Waals surface area contributed by atoms with Crippen molar-refractivity contribution in [3.8, 4) is 6.07 Å². The van der Waals surface area contributed by atoms with Gasteiger partial charge in [-0.15, -0.1) is 0 Å². The van der Waals surface area contributed by atoms with Gasteiger partial charge >= 0.3 is 0 Å². The summed E-state index contributed by atoms with van der Waals surface area (Å²) in [7, 11) is 0. The molecule has 2 N–H and O–H groups in total. The Kier molecular flexibility index (Phi) is 5.45. The Bertz CT molecular complexity index is 852. The molecule has 2 aromatic rings. The van der Waals surface area contributed by atoms with Crippen LogP contribution in [0.15, 0.2) is 42.5 Å². The molecule has 0 aliphatic heterocycles. The van der Waals surface area contributed by atoms with Crippen molar-refractivity contribution in [1.82, 2.24) is 0 Å². The molecule has 25 heavy (non-hydrogen) atoms. The molecule has 0 heterocycles. The van der Waals surface area contributed by atoms with Crippen molar-refractivity contribution >= 4 is 34.8 Å². The Morgan fingerprint density at radius 3 is 2.24 bits per heavy atom. The molecule has 128 valence electrons. The van der Waals surface area contributed by atoms with E-state index in [1.807, 2.05) is 13.0 Å². The number of nitriles is 1. The lowest BCUT2D eigenvalue weighted by Crippen LogP contribution is -2.41. The van der Waals surface area contributed by atoms with Crippen LogP contribution in [0.4, 0.5) is 11.4 Å². The Morgan fingerprint density at radius 1 is 1.04 bits per heavy atom. The third-order valence-corrected chi connectivity index (χ3v) is 4.09. The molecular weight excluding hydrogens is 338 g/mol. The monoisotopic (exact) mass is 355 g/mol. The number of carbonyl (C=O) groups is 2. The third kappa shape index (κ3) is 4.37. The number of nitrogens with zero attached hydrogens (tertiary/aromatic N) is 1. The van der Waals surface area contributed by atoms with Crippen molar-refractivity contribution < 1.29 is 9.59 Å². The lowest BCUT2D eigenvalue weighted by Gasteiger charge is -2.23. The smallest absolute Gasteiger partial charge is 0.239 e. The van der Waals surface area contributed by atoms with Gasteiger partial charge in [0.1, 0.15) is 5.41 Å². The Hall–Kier alpha value is -2.84. The van der Waals surface area contributed by atoms with E-state index in [1.54, 1.807) is 56.3 Å². The van der Waals surface area contributed by atoms with Crippen LogP contribution in [0.2, 0.25) is 5.02 Å². The molecule has 0 aliphatic carbocycles. The van der Waals surface area contributed by atoms with Gasteiger partial charge in [0.05, 0.1) is 11.6 Å². The minimum Gasteiger partial charge on any atom is -0.325 e. The zero-order valence-electron chi connectivity index (χ0n) is 14.2. The Morgan fingerprint density at radius 2 is 1.64 bits per heavy atom. The number of aryl methyl sites for hydroxylation is 1. The summed E-state index contributed by atoms with van der Waals surface area (Å²) >= 11 is 5.96. The fraction of sp³-hybridized carbons (Fsp3) is 0.211. The minimum atomic E-state index is -1.30. The molecule has 0 spiro atoms. The van der Waals surface area contributed by atoms with E-state index < -0.39 is 17.2 Å². The molecule has 0 saturated carbocycles. The largest absolute Gasteiger partial charge is 0.325 e. The number of hydrogen-bond acceptors (Lipinski definition) is 3. The molecule has 0 aromatic heterocycles. The van der Waals surface area contributed by atoms with Crippen molar-refractivity contribution in [2.45, 2.75) is 20.8 Å². The number of benzene rings is 2. The summed E-state index contributed by atoms with van der Waals surface area (Å²) in [5.74, 6) is -0.890. The summed E-state index contributed by atoms with van der Waals surface area (Å²) in [4.78, 5) is 25.1. The Labute approximate surface area is 151 Å². The summed E-state index contributed by atoms with van der Waals surface area (Å²) in [6.45, 7) is 4.93. The SMILES string of the molecule is Cc1ccc(Cl)cc1NC(=O)C(C)(C)C(=O)Nc1ccc(C#N)cc1. The highest BCUT2D eigenvalue weighted by atomic mass is 35.5. The molecule has 0 radical (unpaired) electrons. The van der Waals surface area contributed by atoms with E-state index >= 15 is 0 Å². The van der Waals surface area contributed by atoms with Crippen molar-refractivity contribution in [1.29, 1.82) is 5.26 Å². The number of halogens is 1. The fourth-order valence-corrected chi connectivity index (χ4v) is 2.20. The van der Waals surface area contributed by atoms with Gasteiger partial charge < -0.3 is 10.6 Å². The van der Waals surface area contributed by atoms with Gasteiger partial charge in [0.25, 0.3) is 0 Å². The summed E-state index contributed by atoms with van der Waals surface area (Å²) in [6.07, 6.45) is 0. The van der Waals surface area contributed by atoms with E-state index in [9.17, 15) is 9.59 Å². The molecule has 0 fully saturated rings. The highest BCUT2D eigenvalue weighted by Crippen LogP contribution is 2.25. The lowest BCUT2D eigenvalue weighted by atomic mass is 9.90. The molecule has 0 aliphatic rings. The number of rotatable bonds is 4. The summed E-state index contributed by atoms with van der Waals surface area (Å²) in [6, 6.07) is 13.6. The summed E-state index contributed by atoms with van der Waals surface area (Å²) in [5.41, 5.74) is 1.12. The van der Waals surface area contributed by atoms with E-state index in [-0.39, 0.29) is 0 Å². The molecule has 0 unspecified atom stereocenters. The molecule has 2 rings (SSSR count). The predicted octanol–water partition coefficient (Wildman–Crippen LogP) is 4.12. The van der Waals surface area contributed by atoms with Gasteiger partial charge in [-0.3, -0.25) is 9.59 Å². The van der Waals surface area contributed by atoms with E-state index in [4.69, 9.17) is 16.9 Å². The van der Waals surface area contributed by atoms with Crippen LogP contribution in [-0.2, 0) is 9.59 Å². The highest BCUT2D eigenvalue weighted by molar-refractivity contribution is 6.31. The number of anilines is 2. The first kappa shape index (κ1) is 18.5. The zero-order chi connectivity index (χ0) is 18.6. The van der Waals surface area contributed by atoms with Crippen molar-refractivity contribution in [3.05, 3.63) is 58.6 Å². The normalized spacial score (nSPS) is 10.7. The first-order valence-electron chi connectivity index (χ1n) is 7.63. The van der Waals surface area contributed by atoms with Crippen LogP contribution < -0.4 is 10.6 Å². The molecule has 2 aromatic carbocycles. The molecule has 0 saturated heterocycles. The van der Waals surface area contributed by atoms with Crippen LogP contribution in [-0.4, -0.2) is 11.8 Å². The molecule has 0 bridgehead atoms. The Balaban J connectivity index is 2.12. The molecule has 2 amide bonds. The number of amides is 2. The number of carbonyl (C=O) groups excluding carboxylic acids is 2. The quantitative estimate of drug-likeness (QED) is 0.809. The van der Waals surface area contributed by atoms with E-state index in [0.29, 0.717) is 22.0 Å². The maximum Gasteiger partial charge on any atom is 0.239 e. The predicted molar refractivity (Wildman–Crippen MR) is 98.4 cm³/mol. The lowest BCUT2D eigenvalue weighted by molar-refractivity contribution is -0.135. The van der Waals surface area contributed by atoms with Crippen molar-refractivity contribution in [2.24, 2.45) is 5.41 Å². The van der Waals surface area contributed by atoms with Crippen LogP contribution in [0.3, 0.4) is 0 Å². The van der Waals surface area contributed by atoms with Gasteiger partial charge in [0, 0.05) is 16.4 Å². The van der Waals surface area contributed by atoms with Gasteiger partial charge in [0.2, 0.25) is 11.8 Å². The topological polar surface area (TPSA) is 82.0 Å². The molecule has 6 heteroatoms. The summed E-state index contributed by atoms with van der Waals surface area (Å²) < 4.78 is 0. The average molecular weight is 356 g/mol. The first-order valence-corrected chi connectivity index (χ1v) is 8.01. The molecule has 5 nitrogen and oxygen atoms in total. The van der Waals surface area contributed by atoms with Crippen LogP contribution in [0, 0.1) is 23.7 Å². The van der Waals surface area contributed by atoms with Gasteiger partial charge in [-0.2, -0.15) is 5.26 Å². The zero-order valence-corrected chi connectivity index (χ0v) is 14.9. The number of nitrogens with one attached hydrogen (secondary N) is 2. The van der Waals surface area contributed by atoms with Gasteiger partial charge in [-0.1, -0.05) is 17.7 Å². The van der Waals surface area contributed by atoms with Crippen molar-refractivity contribution in [3.63, 3.8) is 0 Å². The van der Waals surface area contributed by atoms with Crippen LogP contribution in [0.1, 0.15) is 25.0 Å². The average Bonchev–Trinajstić information content (AvgIpc) is 2.58. The minimum absolute atomic E-state index is 0.441.